The topological polar surface area (TPSA) is 63.8 Å². The second-order valence-corrected chi connectivity index (χ2v) is 3.56. The average molecular weight is 178 g/mol. The largest absolute Gasteiger partial charge is 0.368 e. The van der Waals surface area contributed by atoms with Crippen molar-refractivity contribution < 1.29 is 0 Å². The van der Waals surface area contributed by atoms with Gasteiger partial charge >= 0.3 is 0 Å². The van der Waals surface area contributed by atoms with Crippen LogP contribution in [0, 0.1) is 13.8 Å². The fraction of sp³-hybridized carbons (Fsp3) is 0.556. The Morgan fingerprint density at radius 1 is 1.31 bits per heavy atom. The van der Waals surface area contributed by atoms with E-state index in [0.29, 0.717) is 12.0 Å². The molecule has 2 rings (SSSR count). The molecule has 1 aliphatic rings. The van der Waals surface area contributed by atoms with Gasteiger partial charge in [0.2, 0.25) is 5.95 Å². The van der Waals surface area contributed by atoms with E-state index in [9.17, 15) is 0 Å². The summed E-state index contributed by atoms with van der Waals surface area (Å²) in [6.07, 6.45) is 2.48. The van der Waals surface area contributed by atoms with Gasteiger partial charge in [-0.25, -0.2) is 4.98 Å². The van der Waals surface area contributed by atoms with E-state index in [-0.39, 0.29) is 0 Å². The zero-order chi connectivity index (χ0) is 9.42. The summed E-state index contributed by atoms with van der Waals surface area (Å²) in [5, 5.41) is 3.33. The molecular weight excluding hydrogens is 164 g/mol. The number of aryl methyl sites for hydroxylation is 1. The molecule has 13 heavy (non-hydrogen) atoms. The normalized spacial score (nSPS) is 15.8. The molecule has 0 aromatic carbocycles. The maximum atomic E-state index is 5.56. The third-order valence-electron chi connectivity index (χ3n) is 2.32. The molecule has 0 unspecified atom stereocenters. The zero-order valence-electron chi connectivity index (χ0n) is 7.96. The van der Waals surface area contributed by atoms with E-state index in [1.807, 2.05) is 13.8 Å². The summed E-state index contributed by atoms with van der Waals surface area (Å²) in [6, 6.07) is 0.604. The Bertz CT molecular complexity index is 331. The van der Waals surface area contributed by atoms with Crippen LogP contribution in [0.2, 0.25) is 0 Å². The molecule has 0 spiro atoms. The van der Waals surface area contributed by atoms with Crippen molar-refractivity contribution in [1.82, 2.24) is 9.97 Å². The number of rotatable bonds is 2. The molecule has 4 nitrogen and oxygen atoms in total. The summed E-state index contributed by atoms with van der Waals surface area (Å²) < 4.78 is 0. The van der Waals surface area contributed by atoms with Gasteiger partial charge in [0.15, 0.2) is 0 Å². The number of nitrogens with two attached hydrogens (primary N) is 1. The summed E-state index contributed by atoms with van der Waals surface area (Å²) in [6.45, 7) is 3.96. The highest BCUT2D eigenvalue weighted by Crippen LogP contribution is 2.26. The van der Waals surface area contributed by atoms with Crippen LogP contribution in [-0.2, 0) is 0 Å². The molecule has 1 saturated carbocycles. The van der Waals surface area contributed by atoms with Gasteiger partial charge in [-0.15, -0.1) is 0 Å². The second-order valence-electron chi connectivity index (χ2n) is 3.56. The summed E-state index contributed by atoms with van der Waals surface area (Å²) in [4.78, 5) is 8.26. The fourth-order valence-electron chi connectivity index (χ4n) is 1.21. The minimum atomic E-state index is 0.353. The summed E-state index contributed by atoms with van der Waals surface area (Å²) in [5.41, 5.74) is 7.61. The van der Waals surface area contributed by atoms with Gasteiger partial charge < -0.3 is 11.1 Å². The molecular formula is C9H14N4. The van der Waals surface area contributed by atoms with Crippen LogP contribution in [0.1, 0.15) is 24.1 Å². The van der Waals surface area contributed by atoms with Crippen molar-refractivity contribution in [2.24, 2.45) is 0 Å². The number of nitrogen functional groups attached to an aromatic ring is 1. The molecule has 70 valence electrons. The fourth-order valence-corrected chi connectivity index (χ4v) is 1.21. The number of aromatic nitrogens is 2. The number of anilines is 2. The molecule has 0 radical (unpaired) electrons. The van der Waals surface area contributed by atoms with Gasteiger partial charge in [0.25, 0.3) is 0 Å². The third kappa shape index (κ3) is 1.71. The average Bonchev–Trinajstić information content (AvgIpc) is 2.83. The molecule has 0 amide bonds. The van der Waals surface area contributed by atoms with Gasteiger partial charge in [-0.05, 0) is 26.7 Å². The number of nitrogens with one attached hydrogen (secondary N) is 1. The predicted octanol–water partition coefficient (Wildman–Crippen LogP) is 1.25. The van der Waals surface area contributed by atoms with Crippen LogP contribution in [0.5, 0.6) is 0 Å². The van der Waals surface area contributed by atoms with Crippen molar-refractivity contribution in [1.29, 1.82) is 0 Å². The lowest BCUT2D eigenvalue weighted by molar-refractivity contribution is 1.03. The quantitative estimate of drug-likeness (QED) is 0.715. The Morgan fingerprint density at radius 2 is 2.00 bits per heavy atom. The van der Waals surface area contributed by atoms with Gasteiger partial charge in [-0.2, -0.15) is 4.98 Å². The summed E-state index contributed by atoms with van der Waals surface area (Å²) >= 11 is 0. The SMILES string of the molecule is Cc1nc(N)nc(NC2CC2)c1C. The van der Waals surface area contributed by atoms with E-state index in [1.54, 1.807) is 0 Å². The first-order valence-electron chi connectivity index (χ1n) is 4.54. The smallest absolute Gasteiger partial charge is 0.222 e. The monoisotopic (exact) mass is 178 g/mol. The lowest BCUT2D eigenvalue weighted by Gasteiger charge is -2.09. The highest BCUT2D eigenvalue weighted by molar-refractivity contribution is 5.49. The Kier molecular flexibility index (Phi) is 1.83. The molecule has 1 heterocycles. The molecule has 0 saturated heterocycles. The maximum absolute atomic E-state index is 5.56. The first-order valence-corrected chi connectivity index (χ1v) is 4.54. The van der Waals surface area contributed by atoms with Crippen LogP contribution < -0.4 is 11.1 Å². The molecule has 1 aliphatic carbocycles. The van der Waals surface area contributed by atoms with Crippen LogP contribution in [0.15, 0.2) is 0 Å². The first-order chi connectivity index (χ1) is 6.16. The van der Waals surface area contributed by atoms with Crippen molar-refractivity contribution in [2.45, 2.75) is 32.7 Å². The van der Waals surface area contributed by atoms with Gasteiger partial charge in [0.05, 0.1) is 0 Å². The molecule has 3 N–H and O–H groups in total. The summed E-state index contributed by atoms with van der Waals surface area (Å²) in [7, 11) is 0. The van der Waals surface area contributed by atoms with Crippen molar-refractivity contribution in [3.8, 4) is 0 Å². The maximum Gasteiger partial charge on any atom is 0.222 e. The van der Waals surface area contributed by atoms with Crippen LogP contribution in [0.4, 0.5) is 11.8 Å². The van der Waals surface area contributed by atoms with Crippen LogP contribution in [0.3, 0.4) is 0 Å². The standard InChI is InChI=1S/C9H14N4/c1-5-6(2)11-9(10)13-8(5)12-7-3-4-7/h7H,3-4H2,1-2H3,(H3,10,11,12,13). The van der Waals surface area contributed by atoms with Gasteiger partial charge in [-0.3, -0.25) is 0 Å². The highest BCUT2D eigenvalue weighted by atomic mass is 15.1. The Morgan fingerprint density at radius 3 is 2.62 bits per heavy atom. The minimum Gasteiger partial charge on any atom is -0.368 e. The molecule has 0 bridgehead atoms. The van der Waals surface area contributed by atoms with Crippen molar-refractivity contribution in [3.63, 3.8) is 0 Å². The predicted molar refractivity (Wildman–Crippen MR) is 52.6 cm³/mol. The van der Waals surface area contributed by atoms with E-state index >= 15 is 0 Å². The van der Waals surface area contributed by atoms with Crippen LogP contribution >= 0.6 is 0 Å². The number of hydrogen-bond donors (Lipinski definition) is 2. The third-order valence-corrected chi connectivity index (χ3v) is 2.32. The molecule has 0 atom stereocenters. The van der Waals surface area contributed by atoms with Crippen LogP contribution in [-0.4, -0.2) is 16.0 Å². The van der Waals surface area contributed by atoms with Crippen molar-refractivity contribution in [3.05, 3.63) is 11.3 Å². The van der Waals surface area contributed by atoms with E-state index in [2.05, 4.69) is 15.3 Å². The van der Waals surface area contributed by atoms with Gasteiger partial charge in [0.1, 0.15) is 5.82 Å². The molecule has 4 heteroatoms. The Labute approximate surface area is 77.6 Å². The second kappa shape index (κ2) is 2.87. The van der Waals surface area contributed by atoms with E-state index < -0.39 is 0 Å². The van der Waals surface area contributed by atoms with Gasteiger partial charge in [-0.1, -0.05) is 0 Å². The lowest BCUT2D eigenvalue weighted by Crippen LogP contribution is -2.09. The van der Waals surface area contributed by atoms with Crippen LogP contribution in [0.25, 0.3) is 0 Å². The molecule has 1 aromatic rings. The zero-order valence-corrected chi connectivity index (χ0v) is 7.96. The first kappa shape index (κ1) is 8.29. The van der Waals surface area contributed by atoms with E-state index in [4.69, 9.17) is 5.73 Å². The summed E-state index contributed by atoms with van der Waals surface area (Å²) in [5.74, 6) is 1.25. The highest BCUT2D eigenvalue weighted by Gasteiger charge is 2.22. The Balaban J connectivity index is 2.30. The minimum absolute atomic E-state index is 0.353. The number of hydrogen-bond acceptors (Lipinski definition) is 4. The molecule has 1 fully saturated rings. The molecule has 0 aliphatic heterocycles. The Hall–Kier alpha value is -1.32. The lowest BCUT2D eigenvalue weighted by atomic mass is 10.2. The van der Waals surface area contributed by atoms with Crippen molar-refractivity contribution in [2.75, 3.05) is 11.1 Å². The van der Waals surface area contributed by atoms with Crippen molar-refractivity contribution >= 4 is 11.8 Å². The molecule has 1 aromatic heterocycles. The van der Waals surface area contributed by atoms with E-state index in [1.165, 1.54) is 12.8 Å². The van der Waals surface area contributed by atoms with E-state index in [0.717, 1.165) is 17.1 Å². The number of nitrogens with zero attached hydrogens (tertiary/aromatic N) is 2. The van der Waals surface area contributed by atoms with Gasteiger partial charge in [0, 0.05) is 17.3 Å².